The highest BCUT2D eigenvalue weighted by Crippen LogP contribution is 2.31. The summed E-state index contributed by atoms with van der Waals surface area (Å²) in [7, 11) is 0. The number of hydrogen-bond acceptors (Lipinski definition) is 3. The topological polar surface area (TPSA) is 55.2 Å². The van der Waals surface area contributed by atoms with Crippen molar-refractivity contribution in [3.63, 3.8) is 0 Å². The fourth-order valence-corrected chi connectivity index (χ4v) is 3.01. The molecule has 0 fully saturated rings. The zero-order valence-electron chi connectivity index (χ0n) is 13.4. The number of halogens is 1. The Morgan fingerprint density at radius 3 is 2.26 bits per heavy atom. The second-order valence-electron chi connectivity index (χ2n) is 5.54. The van der Waals surface area contributed by atoms with Gasteiger partial charge in [-0.3, -0.25) is 10.1 Å². The predicted octanol–water partition coefficient (Wildman–Crippen LogP) is 5.05. The first-order valence-corrected chi connectivity index (χ1v) is 8.13. The van der Waals surface area contributed by atoms with Crippen molar-refractivity contribution in [2.24, 2.45) is 0 Å². The lowest BCUT2D eigenvalue weighted by Gasteiger charge is -2.34. The maximum Gasteiger partial charge on any atom is 0.273 e. The summed E-state index contributed by atoms with van der Waals surface area (Å²) < 4.78 is 0. The molecule has 0 aliphatic rings. The van der Waals surface area contributed by atoms with Gasteiger partial charge < -0.3 is 5.32 Å². The Bertz CT molecular complexity index is 667. The van der Waals surface area contributed by atoms with Gasteiger partial charge in [-0.25, -0.2) is 0 Å². The van der Waals surface area contributed by atoms with Crippen LogP contribution in [0.3, 0.4) is 0 Å². The molecule has 0 spiro atoms. The molecule has 0 aliphatic heterocycles. The molecule has 122 valence electrons. The molecule has 2 aromatic carbocycles. The van der Waals surface area contributed by atoms with E-state index in [1.54, 1.807) is 18.2 Å². The molecule has 2 rings (SSSR count). The van der Waals surface area contributed by atoms with E-state index in [4.69, 9.17) is 11.6 Å². The number of nitrogens with one attached hydrogen (secondary N) is 1. The molecule has 4 nitrogen and oxygen atoms in total. The van der Waals surface area contributed by atoms with Gasteiger partial charge in [0, 0.05) is 28.7 Å². The van der Waals surface area contributed by atoms with Crippen molar-refractivity contribution in [1.82, 2.24) is 5.32 Å². The van der Waals surface area contributed by atoms with Gasteiger partial charge in [0.2, 0.25) is 0 Å². The molecule has 5 heteroatoms. The second kappa shape index (κ2) is 7.57. The van der Waals surface area contributed by atoms with Crippen LogP contribution in [0.25, 0.3) is 0 Å². The lowest BCUT2D eigenvalue weighted by Crippen LogP contribution is -2.41. The molecule has 0 atom stereocenters. The Morgan fingerprint density at radius 2 is 1.70 bits per heavy atom. The van der Waals surface area contributed by atoms with E-state index < -0.39 is 0 Å². The minimum absolute atomic E-state index is 0.150. The first-order valence-electron chi connectivity index (χ1n) is 7.75. The molecule has 0 amide bonds. The molecular weight excluding hydrogens is 312 g/mol. The first-order chi connectivity index (χ1) is 11.0. The maximum absolute atomic E-state index is 11.2. The van der Waals surface area contributed by atoms with Crippen molar-refractivity contribution >= 4 is 17.3 Å². The predicted molar refractivity (Wildman–Crippen MR) is 93.6 cm³/mol. The molecule has 0 aromatic heterocycles. The van der Waals surface area contributed by atoms with Crippen LogP contribution in [0.1, 0.15) is 37.8 Å². The van der Waals surface area contributed by atoms with Crippen molar-refractivity contribution in [2.75, 3.05) is 0 Å². The fourth-order valence-electron chi connectivity index (χ4n) is 2.88. The van der Waals surface area contributed by atoms with Gasteiger partial charge in [0.25, 0.3) is 5.69 Å². The van der Waals surface area contributed by atoms with Crippen LogP contribution in [-0.4, -0.2) is 4.92 Å². The van der Waals surface area contributed by atoms with E-state index in [1.807, 2.05) is 30.3 Å². The SMILES string of the molecule is CCC(CC)(NCc1ccccc1[N+](=O)[O-])c1ccc(Cl)cc1. The summed E-state index contributed by atoms with van der Waals surface area (Å²) in [6.45, 7) is 4.68. The summed E-state index contributed by atoms with van der Waals surface area (Å²) in [6.07, 6.45) is 1.76. The monoisotopic (exact) mass is 332 g/mol. The minimum Gasteiger partial charge on any atom is -0.303 e. The summed E-state index contributed by atoms with van der Waals surface area (Å²) in [5.74, 6) is 0. The van der Waals surface area contributed by atoms with E-state index >= 15 is 0 Å². The van der Waals surface area contributed by atoms with Gasteiger partial charge in [-0.05, 0) is 30.5 Å². The van der Waals surface area contributed by atoms with E-state index in [-0.39, 0.29) is 16.1 Å². The van der Waals surface area contributed by atoms with Crippen LogP contribution < -0.4 is 5.32 Å². The highest BCUT2D eigenvalue weighted by atomic mass is 35.5. The molecule has 1 N–H and O–H groups in total. The summed E-state index contributed by atoms with van der Waals surface area (Å²) in [4.78, 5) is 10.8. The molecule has 2 aromatic rings. The minimum atomic E-state index is -0.334. The Kier molecular flexibility index (Phi) is 5.74. The third-order valence-electron chi connectivity index (χ3n) is 4.41. The molecule has 0 radical (unpaired) electrons. The average Bonchev–Trinajstić information content (AvgIpc) is 2.57. The van der Waals surface area contributed by atoms with Crippen molar-refractivity contribution in [1.29, 1.82) is 0 Å². The number of nitro benzene ring substituents is 1. The Labute approximate surface area is 141 Å². The molecule has 23 heavy (non-hydrogen) atoms. The number of benzene rings is 2. The van der Waals surface area contributed by atoms with Crippen LogP contribution in [0.2, 0.25) is 5.02 Å². The fraction of sp³-hybridized carbons (Fsp3) is 0.333. The Morgan fingerprint density at radius 1 is 1.09 bits per heavy atom. The molecule has 0 aliphatic carbocycles. The Balaban J connectivity index is 2.27. The molecule has 0 bridgehead atoms. The van der Waals surface area contributed by atoms with Crippen LogP contribution in [0.5, 0.6) is 0 Å². The number of nitrogens with zero attached hydrogens (tertiary/aromatic N) is 1. The largest absolute Gasteiger partial charge is 0.303 e. The van der Waals surface area contributed by atoms with Gasteiger partial charge in [-0.2, -0.15) is 0 Å². The summed E-state index contributed by atoms with van der Waals surface area (Å²) >= 11 is 5.98. The van der Waals surface area contributed by atoms with Crippen LogP contribution >= 0.6 is 11.6 Å². The molecule has 0 heterocycles. The van der Waals surface area contributed by atoms with Crippen molar-refractivity contribution in [2.45, 2.75) is 38.8 Å². The van der Waals surface area contributed by atoms with Crippen LogP contribution in [0.4, 0.5) is 5.69 Å². The van der Waals surface area contributed by atoms with Gasteiger partial charge in [0.1, 0.15) is 0 Å². The summed E-state index contributed by atoms with van der Waals surface area (Å²) in [5.41, 5.74) is 1.76. The zero-order chi connectivity index (χ0) is 16.9. The number of para-hydroxylation sites is 1. The van der Waals surface area contributed by atoms with Gasteiger partial charge in [-0.1, -0.05) is 55.8 Å². The Hall–Kier alpha value is -1.91. The van der Waals surface area contributed by atoms with E-state index in [0.29, 0.717) is 17.1 Å². The highest BCUT2D eigenvalue weighted by Gasteiger charge is 2.28. The standard InChI is InChI=1S/C18H21ClN2O2/c1-3-18(4-2,15-9-11-16(19)12-10-15)20-13-14-7-5-6-8-17(14)21(22)23/h5-12,20H,3-4,13H2,1-2H3. The van der Waals surface area contributed by atoms with E-state index in [1.165, 1.54) is 0 Å². The van der Waals surface area contributed by atoms with Crippen LogP contribution in [0.15, 0.2) is 48.5 Å². The third-order valence-corrected chi connectivity index (χ3v) is 4.66. The van der Waals surface area contributed by atoms with E-state index in [0.717, 1.165) is 18.4 Å². The van der Waals surface area contributed by atoms with Gasteiger partial charge >= 0.3 is 0 Å². The number of rotatable bonds is 7. The van der Waals surface area contributed by atoms with Crippen LogP contribution in [0, 0.1) is 10.1 Å². The summed E-state index contributed by atoms with van der Waals surface area (Å²) in [6, 6.07) is 14.6. The van der Waals surface area contributed by atoms with Gasteiger partial charge in [0.15, 0.2) is 0 Å². The molecule has 0 saturated heterocycles. The highest BCUT2D eigenvalue weighted by molar-refractivity contribution is 6.30. The quantitative estimate of drug-likeness (QED) is 0.570. The van der Waals surface area contributed by atoms with E-state index in [2.05, 4.69) is 19.2 Å². The third kappa shape index (κ3) is 3.89. The first kappa shape index (κ1) is 17.4. The number of nitro groups is 1. The molecule has 0 unspecified atom stereocenters. The summed E-state index contributed by atoms with van der Waals surface area (Å²) in [5, 5.41) is 15.4. The molecule has 0 saturated carbocycles. The average molecular weight is 333 g/mol. The van der Waals surface area contributed by atoms with Crippen molar-refractivity contribution in [3.05, 3.63) is 74.8 Å². The van der Waals surface area contributed by atoms with Gasteiger partial charge in [0.05, 0.1) is 4.92 Å². The van der Waals surface area contributed by atoms with Crippen molar-refractivity contribution in [3.8, 4) is 0 Å². The lowest BCUT2D eigenvalue weighted by atomic mass is 9.84. The normalized spacial score (nSPS) is 11.4. The smallest absolute Gasteiger partial charge is 0.273 e. The molecular formula is C18H21ClN2O2. The second-order valence-corrected chi connectivity index (χ2v) is 5.97. The lowest BCUT2D eigenvalue weighted by molar-refractivity contribution is -0.385. The number of hydrogen-bond donors (Lipinski definition) is 1. The van der Waals surface area contributed by atoms with E-state index in [9.17, 15) is 10.1 Å². The maximum atomic E-state index is 11.2. The van der Waals surface area contributed by atoms with Crippen LogP contribution in [-0.2, 0) is 12.1 Å². The zero-order valence-corrected chi connectivity index (χ0v) is 14.1. The van der Waals surface area contributed by atoms with Crippen molar-refractivity contribution < 1.29 is 4.92 Å². The van der Waals surface area contributed by atoms with Gasteiger partial charge in [-0.15, -0.1) is 0 Å².